The van der Waals surface area contributed by atoms with Crippen LogP contribution in [0.4, 0.5) is 13.2 Å². The first kappa shape index (κ1) is 26.3. The van der Waals surface area contributed by atoms with Gasteiger partial charge < -0.3 is 9.84 Å². The molecule has 0 aromatic heterocycles. The summed E-state index contributed by atoms with van der Waals surface area (Å²) in [6.07, 6.45) is 5.39. The topological polar surface area (TPSA) is 49.8 Å². The monoisotopic (exact) mass is 517 g/mol. The first-order valence-electron chi connectivity index (χ1n) is 14.0. The van der Waals surface area contributed by atoms with Gasteiger partial charge >= 0.3 is 12.1 Å². The van der Waals surface area contributed by atoms with Crippen molar-refractivity contribution in [3.8, 4) is 5.75 Å². The van der Waals surface area contributed by atoms with Crippen LogP contribution in [0.1, 0.15) is 82.3 Å². The summed E-state index contributed by atoms with van der Waals surface area (Å²) in [7, 11) is 0. The quantitative estimate of drug-likeness (QED) is 0.395. The lowest BCUT2D eigenvalue weighted by Crippen LogP contribution is -2.45. The molecule has 1 saturated carbocycles. The van der Waals surface area contributed by atoms with Gasteiger partial charge in [0.1, 0.15) is 11.3 Å². The van der Waals surface area contributed by atoms with E-state index in [9.17, 15) is 23.1 Å². The maximum absolute atomic E-state index is 14.2. The molecule has 2 bridgehead atoms. The van der Waals surface area contributed by atoms with E-state index in [2.05, 4.69) is 11.8 Å². The van der Waals surface area contributed by atoms with Gasteiger partial charge in [0.25, 0.3) is 0 Å². The van der Waals surface area contributed by atoms with E-state index in [4.69, 9.17) is 4.74 Å². The molecule has 3 atom stereocenters. The summed E-state index contributed by atoms with van der Waals surface area (Å²) in [4.78, 5) is 13.9. The molecule has 3 fully saturated rings. The summed E-state index contributed by atoms with van der Waals surface area (Å²) in [5.74, 6) is -0.294. The molecule has 0 spiro atoms. The van der Waals surface area contributed by atoms with Gasteiger partial charge in [0.2, 0.25) is 0 Å². The number of hydrogen-bond donors (Lipinski definition) is 1. The van der Waals surface area contributed by atoms with Gasteiger partial charge in [-0.15, -0.1) is 0 Å². The van der Waals surface area contributed by atoms with Crippen molar-refractivity contribution in [3.63, 3.8) is 0 Å². The number of ether oxygens (including phenoxy) is 1. The SMILES string of the molecule is CCC1CCC(Oc2ccc3cc(CCCN4C5CC[C@@H]4CC(C(=O)O)C5)ccc3c2C(F)(F)F)CC1. The number of halogens is 3. The third-order valence-corrected chi connectivity index (χ3v) is 9.11. The summed E-state index contributed by atoms with van der Waals surface area (Å²) in [5, 5.41) is 10.2. The van der Waals surface area contributed by atoms with Crippen LogP contribution in [0, 0.1) is 11.8 Å². The number of fused-ring (bicyclic) bond motifs is 3. The van der Waals surface area contributed by atoms with Gasteiger partial charge in [0.05, 0.1) is 12.0 Å². The van der Waals surface area contributed by atoms with Crippen LogP contribution >= 0.6 is 0 Å². The van der Waals surface area contributed by atoms with Crippen LogP contribution < -0.4 is 4.74 Å². The van der Waals surface area contributed by atoms with Crippen LogP contribution in [0.3, 0.4) is 0 Å². The first-order chi connectivity index (χ1) is 17.7. The number of carboxylic acid groups (broad SMARTS) is 1. The molecule has 2 aromatic rings. The van der Waals surface area contributed by atoms with E-state index >= 15 is 0 Å². The second-order valence-electron chi connectivity index (χ2n) is 11.4. The molecule has 0 radical (unpaired) electrons. The van der Waals surface area contributed by atoms with Gasteiger partial charge in [-0.25, -0.2) is 0 Å². The number of benzene rings is 2. The number of carbonyl (C=O) groups is 1. The Kier molecular flexibility index (Phi) is 7.71. The van der Waals surface area contributed by atoms with Crippen LogP contribution in [0.5, 0.6) is 5.75 Å². The maximum Gasteiger partial charge on any atom is 0.420 e. The molecule has 2 aromatic carbocycles. The number of nitrogens with zero attached hydrogens (tertiary/aromatic N) is 1. The smallest absolute Gasteiger partial charge is 0.420 e. The summed E-state index contributed by atoms with van der Waals surface area (Å²) in [6, 6.07) is 9.27. The molecule has 2 unspecified atom stereocenters. The molecule has 0 amide bonds. The van der Waals surface area contributed by atoms with Crippen LogP contribution in [0.15, 0.2) is 30.3 Å². The van der Waals surface area contributed by atoms with Crippen molar-refractivity contribution < 1.29 is 27.8 Å². The van der Waals surface area contributed by atoms with E-state index in [1.54, 1.807) is 12.1 Å². The molecule has 7 heteroatoms. The number of carboxylic acids is 1. The van der Waals surface area contributed by atoms with Gasteiger partial charge in [0, 0.05) is 12.1 Å². The number of alkyl halides is 3. The zero-order chi connectivity index (χ0) is 26.2. The van der Waals surface area contributed by atoms with Gasteiger partial charge in [-0.2, -0.15) is 13.2 Å². The van der Waals surface area contributed by atoms with Crippen molar-refractivity contribution in [3.05, 3.63) is 41.5 Å². The summed E-state index contributed by atoms with van der Waals surface area (Å²) in [5.41, 5.74) is 0.368. The molecule has 4 nitrogen and oxygen atoms in total. The van der Waals surface area contributed by atoms with E-state index in [1.807, 2.05) is 12.1 Å². The fourth-order valence-corrected chi connectivity index (χ4v) is 7.05. The predicted octanol–water partition coefficient (Wildman–Crippen LogP) is 7.47. The van der Waals surface area contributed by atoms with Crippen molar-refractivity contribution in [1.29, 1.82) is 0 Å². The summed E-state index contributed by atoms with van der Waals surface area (Å²) >= 11 is 0. The largest absolute Gasteiger partial charge is 0.490 e. The molecule has 1 N–H and O–H groups in total. The number of rotatable bonds is 8. The fourth-order valence-electron chi connectivity index (χ4n) is 7.05. The highest BCUT2D eigenvalue weighted by atomic mass is 19.4. The van der Waals surface area contributed by atoms with Crippen LogP contribution in [-0.2, 0) is 17.4 Å². The Bertz CT molecular complexity index is 1100. The van der Waals surface area contributed by atoms with E-state index in [-0.39, 0.29) is 23.2 Å². The molecule has 1 aliphatic carbocycles. The van der Waals surface area contributed by atoms with Crippen LogP contribution in [0.25, 0.3) is 10.8 Å². The number of aliphatic carboxylic acids is 1. The molecule has 2 heterocycles. The zero-order valence-corrected chi connectivity index (χ0v) is 21.6. The second-order valence-corrected chi connectivity index (χ2v) is 11.4. The third-order valence-electron chi connectivity index (χ3n) is 9.11. The molecule has 5 rings (SSSR count). The minimum absolute atomic E-state index is 0.0482. The minimum atomic E-state index is -4.49. The van der Waals surface area contributed by atoms with Crippen molar-refractivity contribution in [2.45, 2.75) is 102 Å². The lowest BCUT2D eigenvalue weighted by molar-refractivity contribution is -0.144. The Morgan fingerprint density at radius 3 is 2.35 bits per heavy atom. The summed E-state index contributed by atoms with van der Waals surface area (Å²) < 4.78 is 48.5. The Labute approximate surface area is 217 Å². The van der Waals surface area contributed by atoms with Crippen molar-refractivity contribution >= 4 is 16.7 Å². The molecule has 202 valence electrons. The second kappa shape index (κ2) is 10.8. The first-order valence-corrected chi connectivity index (χ1v) is 14.0. The van der Waals surface area contributed by atoms with Crippen LogP contribution in [-0.4, -0.2) is 40.7 Å². The number of hydrogen-bond acceptors (Lipinski definition) is 3. The van der Waals surface area contributed by atoms with Gasteiger partial charge in [-0.3, -0.25) is 9.69 Å². The molecular weight excluding hydrogens is 479 g/mol. The molecule has 3 aliphatic rings. The van der Waals surface area contributed by atoms with Crippen molar-refractivity contribution in [2.75, 3.05) is 6.54 Å². The molecule has 2 saturated heterocycles. The van der Waals surface area contributed by atoms with Gasteiger partial charge in [-0.1, -0.05) is 37.6 Å². The molecule has 2 aliphatic heterocycles. The number of aryl methyl sites for hydroxylation is 1. The van der Waals surface area contributed by atoms with Crippen molar-refractivity contribution in [2.24, 2.45) is 11.8 Å². The highest BCUT2D eigenvalue weighted by Crippen LogP contribution is 2.43. The van der Waals surface area contributed by atoms with Crippen LogP contribution in [0.2, 0.25) is 0 Å². The lowest BCUT2D eigenvalue weighted by atomic mass is 9.86. The average molecular weight is 518 g/mol. The van der Waals surface area contributed by atoms with E-state index < -0.39 is 17.7 Å². The normalized spacial score (nSPS) is 28.5. The van der Waals surface area contributed by atoms with E-state index in [0.29, 0.717) is 23.4 Å². The maximum atomic E-state index is 14.2. The standard InChI is InChI=1S/C30H38F3NO3/c1-2-19-5-11-25(12-6-19)37-27-14-8-21-16-20(7-13-26(21)28(27)30(31,32)33)4-3-15-34-23-9-10-24(34)18-22(17-23)29(35)36/h7-8,13-14,16,19,22-25H,2-6,9-12,15,17-18H2,1H3,(H,35,36)/t19?,22?,23-,24?,25?/m1/s1. The number of piperidine rings is 1. The highest BCUT2D eigenvalue weighted by molar-refractivity contribution is 5.89. The Morgan fingerprint density at radius 2 is 1.73 bits per heavy atom. The highest BCUT2D eigenvalue weighted by Gasteiger charge is 2.42. The molecular formula is C30H38F3NO3. The van der Waals surface area contributed by atoms with E-state index in [1.165, 1.54) is 6.07 Å². The van der Waals surface area contributed by atoms with Gasteiger partial charge in [0.15, 0.2) is 0 Å². The fraction of sp³-hybridized carbons (Fsp3) is 0.633. The third kappa shape index (κ3) is 5.76. The van der Waals surface area contributed by atoms with Crippen molar-refractivity contribution in [1.82, 2.24) is 4.90 Å². The average Bonchev–Trinajstić information content (AvgIpc) is 3.09. The Morgan fingerprint density at radius 1 is 1.03 bits per heavy atom. The zero-order valence-electron chi connectivity index (χ0n) is 21.6. The molecule has 37 heavy (non-hydrogen) atoms. The predicted molar refractivity (Wildman–Crippen MR) is 138 cm³/mol. The Hall–Kier alpha value is -2.28. The van der Waals surface area contributed by atoms with Gasteiger partial charge in [-0.05, 0) is 99.1 Å². The lowest BCUT2D eigenvalue weighted by Gasteiger charge is -2.37. The summed E-state index contributed by atoms with van der Waals surface area (Å²) in [6.45, 7) is 3.07. The Balaban J connectivity index is 1.26. The minimum Gasteiger partial charge on any atom is -0.490 e. The van der Waals surface area contributed by atoms with E-state index in [0.717, 1.165) is 82.7 Å².